The summed E-state index contributed by atoms with van der Waals surface area (Å²) in [5.74, 6) is -0.112. The standard InChI is InChI=1S/C32H40FN3O5S/c1-4-40-29(39)41-32(28(38)42-14-13-34)12-11-24-23-10-5-20-15-25(36-22-8-6-21(33)7-9-22)19(18-35)16-30(20,2)27(23)26(37)17-31(24,32)3/h6-9,15,18,23-24,26-28,35-38H,4-5,10-12,14,16-17H2,1-3H3/p+1/t23-,24?,26-,27?,28?,30-,31-,32-/m0/s1. The number of aliphatic hydroxyl groups is 2. The number of hydrogen-bond donors (Lipinski definition) is 4. The van der Waals surface area contributed by atoms with Gasteiger partial charge < -0.3 is 25.1 Å². The van der Waals surface area contributed by atoms with Gasteiger partial charge in [-0.3, -0.25) is 5.32 Å². The first kappa shape index (κ1) is 30.7. The second kappa shape index (κ2) is 11.8. The van der Waals surface area contributed by atoms with Gasteiger partial charge in [0.25, 0.3) is 0 Å². The van der Waals surface area contributed by atoms with E-state index in [2.05, 4.69) is 19.1 Å². The summed E-state index contributed by atoms with van der Waals surface area (Å²) < 4.78 is 24.6. The topological polar surface area (TPSA) is 140 Å². The number of thioether (sulfide) groups is 1. The van der Waals surface area contributed by atoms with Crippen LogP contribution in [0.15, 0.2) is 47.2 Å². The summed E-state index contributed by atoms with van der Waals surface area (Å²) in [6, 6.07) is 8.38. The zero-order chi connectivity index (χ0) is 30.3. The van der Waals surface area contributed by atoms with Crippen molar-refractivity contribution in [3.05, 3.63) is 53.0 Å². The van der Waals surface area contributed by atoms with Crippen LogP contribution < -0.4 is 5.32 Å². The molecule has 10 heteroatoms. The Bertz CT molecular complexity index is 1330. The number of rotatable bonds is 8. The van der Waals surface area contributed by atoms with Gasteiger partial charge in [-0.15, -0.1) is 11.8 Å². The molecule has 1 aromatic carbocycles. The molecule has 0 radical (unpaired) electrons. The third kappa shape index (κ3) is 4.98. The van der Waals surface area contributed by atoms with E-state index in [1.54, 1.807) is 19.1 Å². The van der Waals surface area contributed by atoms with E-state index in [0.717, 1.165) is 48.0 Å². The van der Waals surface area contributed by atoms with Gasteiger partial charge in [-0.2, -0.15) is 5.26 Å². The average molecular weight is 599 g/mol. The summed E-state index contributed by atoms with van der Waals surface area (Å²) in [4.78, 5) is 12.7. The smallest absolute Gasteiger partial charge is 0.435 e. The highest BCUT2D eigenvalue weighted by Gasteiger charge is 2.70. The minimum Gasteiger partial charge on any atom is -0.435 e. The number of quaternary nitrogens is 1. The zero-order valence-electron chi connectivity index (χ0n) is 24.4. The molecule has 42 heavy (non-hydrogen) atoms. The van der Waals surface area contributed by atoms with Gasteiger partial charge in [0.05, 0.1) is 24.5 Å². The van der Waals surface area contributed by atoms with E-state index >= 15 is 0 Å². The maximum Gasteiger partial charge on any atom is 0.508 e. The number of nitrogens with zero attached hydrogens (tertiary/aromatic N) is 1. The summed E-state index contributed by atoms with van der Waals surface area (Å²) in [7, 11) is 0. The number of nitrogens with two attached hydrogens (primary N) is 1. The molecule has 3 saturated carbocycles. The van der Waals surface area contributed by atoms with Crippen LogP contribution >= 0.6 is 11.8 Å². The number of nitrogens with one attached hydrogen (secondary N) is 1. The number of carbonyl (C=O) groups is 1. The SMILES string of the molecule is CCOC(=O)O[C@]1(C(O)SCC#N)CCC2[C@@H]3CCC4=CC([NH2+]c5ccc(F)cc5)=C(C=N)C[C@]4(C)C3[C@@H](O)C[C@@]21C. The first-order valence-corrected chi connectivity index (χ1v) is 15.8. The van der Waals surface area contributed by atoms with E-state index < -0.39 is 28.7 Å². The number of nitriles is 1. The third-order valence-corrected chi connectivity index (χ3v) is 11.7. The van der Waals surface area contributed by atoms with Crippen LogP contribution in [-0.4, -0.2) is 52.1 Å². The Hall–Kier alpha value is -2.71. The van der Waals surface area contributed by atoms with Crippen LogP contribution in [0.5, 0.6) is 0 Å². The van der Waals surface area contributed by atoms with Gasteiger partial charge in [0, 0.05) is 29.3 Å². The lowest BCUT2D eigenvalue weighted by Gasteiger charge is -2.61. The van der Waals surface area contributed by atoms with Crippen LogP contribution in [0.1, 0.15) is 59.3 Å². The minimum atomic E-state index is -1.29. The maximum atomic E-state index is 13.5. The molecule has 0 heterocycles. The molecule has 0 bridgehead atoms. The van der Waals surface area contributed by atoms with Crippen molar-refractivity contribution in [2.45, 2.75) is 76.4 Å². The Morgan fingerprint density at radius 1 is 1.33 bits per heavy atom. The number of halogens is 1. The van der Waals surface area contributed by atoms with Crippen molar-refractivity contribution < 1.29 is 34.2 Å². The van der Waals surface area contributed by atoms with Crippen molar-refractivity contribution in [1.82, 2.24) is 0 Å². The summed E-state index contributed by atoms with van der Waals surface area (Å²) in [5.41, 5.74) is 0.417. The van der Waals surface area contributed by atoms with Gasteiger partial charge in [0.15, 0.2) is 5.60 Å². The molecule has 3 unspecified atom stereocenters. The first-order valence-electron chi connectivity index (χ1n) is 14.8. The summed E-state index contributed by atoms with van der Waals surface area (Å²) in [5, 5.41) is 42.8. The van der Waals surface area contributed by atoms with Crippen molar-refractivity contribution in [2.75, 3.05) is 12.4 Å². The largest absolute Gasteiger partial charge is 0.508 e. The Morgan fingerprint density at radius 2 is 2.07 bits per heavy atom. The summed E-state index contributed by atoms with van der Waals surface area (Å²) in [6.07, 6.45) is 5.77. The molecular formula is C32H41FN3O5S+. The highest BCUT2D eigenvalue weighted by Crippen LogP contribution is 2.69. The number of aliphatic hydroxyl groups excluding tert-OH is 2. The van der Waals surface area contributed by atoms with Crippen molar-refractivity contribution in [1.29, 1.82) is 10.7 Å². The van der Waals surface area contributed by atoms with Gasteiger partial charge in [0.1, 0.15) is 22.6 Å². The molecule has 0 saturated heterocycles. The summed E-state index contributed by atoms with van der Waals surface area (Å²) in [6.45, 7) is 6.06. The van der Waals surface area contributed by atoms with E-state index in [-0.39, 0.29) is 41.3 Å². The van der Waals surface area contributed by atoms with Crippen LogP contribution in [0.25, 0.3) is 0 Å². The lowest BCUT2D eigenvalue weighted by atomic mass is 9.45. The van der Waals surface area contributed by atoms with Crippen molar-refractivity contribution in [3.8, 4) is 6.07 Å². The number of ether oxygens (including phenoxy) is 2. The van der Waals surface area contributed by atoms with Gasteiger partial charge in [-0.05, 0) is 86.8 Å². The molecule has 5 rings (SSSR count). The quantitative estimate of drug-likeness (QED) is 0.144. The van der Waals surface area contributed by atoms with Crippen LogP contribution in [0.3, 0.4) is 0 Å². The Morgan fingerprint density at radius 3 is 2.74 bits per heavy atom. The molecule has 4 aliphatic carbocycles. The molecule has 1 aromatic rings. The van der Waals surface area contributed by atoms with Gasteiger partial charge in [-0.25, -0.2) is 9.18 Å². The van der Waals surface area contributed by atoms with Gasteiger partial charge in [0.2, 0.25) is 0 Å². The van der Waals surface area contributed by atoms with Crippen LogP contribution in [0.2, 0.25) is 0 Å². The first-order chi connectivity index (χ1) is 20.0. The monoisotopic (exact) mass is 598 g/mol. The third-order valence-electron chi connectivity index (χ3n) is 10.7. The van der Waals surface area contributed by atoms with E-state index in [1.165, 1.54) is 23.9 Å². The van der Waals surface area contributed by atoms with Crippen molar-refractivity contribution >= 4 is 29.8 Å². The Labute approximate surface area is 250 Å². The van der Waals surface area contributed by atoms with Crippen molar-refractivity contribution in [2.24, 2.45) is 28.6 Å². The molecule has 226 valence electrons. The molecule has 4 aliphatic rings. The second-order valence-electron chi connectivity index (χ2n) is 12.6. The lowest BCUT2D eigenvalue weighted by Crippen LogP contribution is -2.76. The zero-order valence-corrected chi connectivity index (χ0v) is 25.3. The molecular weight excluding hydrogens is 557 g/mol. The molecule has 0 spiro atoms. The van der Waals surface area contributed by atoms with Crippen LogP contribution in [-0.2, 0) is 9.47 Å². The van der Waals surface area contributed by atoms with E-state index in [0.29, 0.717) is 19.3 Å². The molecule has 3 fully saturated rings. The number of hydrogen-bond acceptors (Lipinski definition) is 8. The summed E-state index contributed by atoms with van der Waals surface area (Å²) >= 11 is 1.06. The Balaban J connectivity index is 1.47. The minimum absolute atomic E-state index is 0.0483. The fourth-order valence-corrected chi connectivity index (χ4v) is 9.86. The molecule has 5 N–H and O–H groups in total. The van der Waals surface area contributed by atoms with E-state index in [4.69, 9.17) is 14.9 Å². The fourth-order valence-electron chi connectivity index (χ4n) is 8.92. The number of allylic oxidation sites excluding steroid dienone is 3. The molecule has 0 aliphatic heterocycles. The molecule has 0 aromatic heterocycles. The number of carbonyl (C=O) groups excluding carboxylic acids is 1. The van der Waals surface area contributed by atoms with E-state index in [1.807, 2.05) is 12.2 Å². The molecule has 8 atom stereocenters. The number of fused-ring (bicyclic) bond motifs is 5. The second-order valence-corrected chi connectivity index (χ2v) is 13.7. The normalized spacial score (nSPS) is 36.1. The highest BCUT2D eigenvalue weighted by atomic mass is 32.2. The highest BCUT2D eigenvalue weighted by molar-refractivity contribution is 8.00. The molecule has 8 nitrogen and oxygen atoms in total. The number of benzene rings is 1. The average Bonchev–Trinajstić information content (AvgIpc) is 3.24. The maximum absolute atomic E-state index is 13.5. The van der Waals surface area contributed by atoms with E-state index in [9.17, 15) is 24.7 Å². The van der Waals surface area contributed by atoms with Crippen LogP contribution in [0, 0.1) is 51.1 Å². The van der Waals surface area contributed by atoms with Crippen molar-refractivity contribution in [3.63, 3.8) is 0 Å². The van der Waals surface area contributed by atoms with Crippen LogP contribution in [0.4, 0.5) is 14.9 Å². The fraction of sp³-hybridized carbons (Fsp3) is 0.594. The lowest BCUT2D eigenvalue weighted by molar-refractivity contribution is -0.513. The van der Waals surface area contributed by atoms with Gasteiger partial charge >= 0.3 is 6.16 Å². The predicted octanol–water partition coefficient (Wildman–Crippen LogP) is 4.95. The Kier molecular flexibility index (Phi) is 8.61. The van der Waals surface area contributed by atoms with Gasteiger partial charge in [-0.1, -0.05) is 19.4 Å². The molecule has 0 amide bonds. The predicted molar refractivity (Wildman–Crippen MR) is 157 cm³/mol.